The Kier molecular flexibility index (Phi) is 4.11. The number of carbonyl (C=O) groups is 2. The molecule has 1 aromatic carbocycles. The van der Waals surface area contributed by atoms with Gasteiger partial charge < -0.3 is 10.0 Å². The zero-order chi connectivity index (χ0) is 16.6. The summed E-state index contributed by atoms with van der Waals surface area (Å²) in [4.78, 5) is 25.3. The van der Waals surface area contributed by atoms with Crippen LogP contribution in [0.1, 0.15) is 30.9 Å². The van der Waals surface area contributed by atoms with Gasteiger partial charge in [0.05, 0.1) is 5.25 Å². The average Bonchev–Trinajstić information content (AvgIpc) is 3.30. The van der Waals surface area contributed by atoms with E-state index in [0.717, 1.165) is 0 Å². The summed E-state index contributed by atoms with van der Waals surface area (Å²) < 4.78 is 26.4. The van der Waals surface area contributed by atoms with Crippen molar-refractivity contribution in [2.75, 3.05) is 6.54 Å². The second-order valence-electron chi connectivity index (χ2n) is 5.89. The summed E-state index contributed by atoms with van der Waals surface area (Å²) in [6.07, 6.45) is 1.50. The summed E-state index contributed by atoms with van der Waals surface area (Å²) in [6.45, 7) is 0.211. The third-order valence-corrected chi connectivity index (χ3v) is 6.13. The zero-order valence-electron chi connectivity index (χ0n) is 12.4. The van der Waals surface area contributed by atoms with E-state index in [0.29, 0.717) is 18.4 Å². The number of aliphatic carboxylic acids is 1. The molecule has 1 saturated heterocycles. The first kappa shape index (κ1) is 15.9. The molecule has 124 valence electrons. The predicted octanol–water partition coefficient (Wildman–Crippen LogP) is 0.495. The van der Waals surface area contributed by atoms with Gasteiger partial charge in [0.15, 0.2) is 6.04 Å². The molecule has 0 bridgehead atoms. The summed E-state index contributed by atoms with van der Waals surface area (Å²) in [5.41, 5.74) is 0.499. The maximum Gasteiger partial charge on any atom is 0.331 e. The van der Waals surface area contributed by atoms with Crippen molar-refractivity contribution in [3.8, 4) is 0 Å². The molecule has 2 N–H and O–H groups in total. The van der Waals surface area contributed by atoms with Gasteiger partial charge in [0.1, 0.15) is 6.04 Å². The Morgan fingerprint density at radius 1 is 1.22 bits per heavy atom. The first-order valence-electron chi connectivity index (χ1n) is 7.49. The van der Waals surface area contributed by atoms with Crippen LogP contribution >= 0.6 is 0 Å². The lowest BCUT2D eigenvalue weighted by Crippen LogP contribution is -2.44. The standard InChI is InChI=1S/C15H18N2O5S/c18-14-12(16-23(21,22)11-6-7-11)8-9-17(14)13(15(19)20)10-4-2-1-3-5-10/h1-5,11-13,16H,6-9H2,(H,19,20). The van der Waals surface area contributed by atoms with Gasteiger partial charge in [-0.3, -0.25) is 4.79 Å². The summed E-state index contributed by atoms with van der Waals surface area (Å²) in [5, 5.41) is 9.08. The molecule has 2 aliphatic rings. The minimum Gasteiger partial charge on any atom is -0.479 e. The molecule has 1 saturated carbocycles. The maximum absolute atomic E-state index is 12.5. The molecular weight excluding hydrogens is 320 g/mol. The number of sulfonamides is 1. The number of hydrogen-bond acceptors (Lipinski definition) is 4. The normalized spacial score (nSPS) is 23.0. The quantitative estimate of drug-likeness (QED) is 0.786. The first-order valence-corrected chi connectivity index (χ1v) is 9.04. The fourth-order valence-electron chi connectivity index (χ4n) is 2.83. The molecule has 0 radical (unpaired) electrons. The highest BCUT2D eigenvalue weighted by atomic mass is 32.2. The number of carbonyl (C=O) groups excluding carboxylic acids is 1. The Bertz CT molecular complexity index is 715. The summed E-state index contributed by atoms with van der Waals surface area (Å²) in [6, 6.07) is 6.51. The predicted molar refractivity (Wildman–Crippen MR) is 82.0 cm³/mol. The number of nitrogens with zero attached hydrogens (tertiary/aromatic N) is 1. The van der Waals surface area contributed by atoms with Crippen LogP contribution in [0.4, 0.5) is 0 Å². The number of amides is 1. The van der Waals surface area contributed by atoms with E-state index in [4.69, 9.17) is 0 Å². The van der Waals surface area contributed by atoms with E-state index in [2.05, 4.69) is 4.72 Å². The van der Waals surface area contributed by atoms with Gasteiger partial charge in [0.25, 0.3) is 0 Å². The van der Waals surface area contributed by atoms with Crippen LogP contribution in [0, 0.1) is 0 Å². The topological polar surface area (TPSA) is 104 Å². The Morgan fingerprint density at radius 3 is 2.43 bits per heavy atom. The molecule has 3 rings (SSSR count). The number of likely N-dealkylation sites (tertiary alicyclic amines) is 1. The fourth-order valence-corrected chi connectivity index (χ4v) is 4.40. The number of nitrogens with one attached hydrogen (secondary N) is 1. The summed E-state index contributed by atoms with van der Waals surface area (Å²) in [7, 11) is -3.48. The van der Waals surface area contributed by atoms with Crippen LogP contribution in [-0.2, 0) is 19.6 Å². The molecule has 2 atom stereocenters. The fraction of sp³-hybridized carbons (Fsp3) is 0.467. The number of carboxylic acid groups (broad SMARTS) is 1. The monoisotopic (exact) mass is 338 g/mol. The van der Waals surface area contributed by atoms with Crippen LogP contribution in [0.5, 0.6) is 0 Å². The van der Waals surface area contributed by atoms with Crippen molar-refractivity contribution in [3.05, 3.63) is 35.9 Å². The largest absolute Gasteiger partial charge is 0.479 e. The van der Waals surface area contributed by atoms with Gasteiger partial charge in [-0.25, -0.2) is 17.9 Å². The molecule has 8 heteroatoms. The number of hydrogen-bond donors (Lipinski definition) is 2. The van der Waals surface area contributed by atoms with Crippen molar-refractivity contribution >= 4 is 21.9 Å². The number of benzene rings is 1. The van der Waals surface area contributed by atoms with E-state index in [9.17, 15) is 23.1 Å². The van der Waals surface area contributed by atoms with E-state index >= 15 is 0 Å². The molecule has 1 aliphatic heterocycles. The molecule has 1 amide bonds. The zero-order valence-corrected chi connectivity index (χ0v) is 13.2. The van der Waals surface area contributed by atoms with Crippen LogP contribution in [0.3, 0.4) is 0 Å². The van der Waals surface area contributed by atoms with Gasteiger partial charge in [-0.2, -0.15) is 0 Å². The average molecular weight is 338 g/mol. The van der Waals surface area contributed by atoms with Crippen molar-refractivity contribution < 1.29 is 23.1 Å². The second-order valence-corrected chi connectivity index (χ2v) is 7.88. The molecule has 1 heterocycles. The smallest absolute Gasteiger partial charge is 0.331 e. The second kappa shape index (κ2) is 5.93. The molecule has 7 nitrogen and oxygen atoms in total. The Labute approximate surface area is 134 Å². The van der Waals surface area contributed by atoms with E-state index in [1.54, 1.807) is 30.3 Å². The molecule has 2 unspecified atom stereocenters. The van der Waals surface area contributed by atoms with Crippen molar-refractivity contribution in [2.24, 2.45) is 0 Å². The summed E-state index contributed by atoms with van der Waals surface area (Å²) in [5.74, 6) is -1.61. The molecule has 0 aromatic heterocycles. The van der Waals surface area contributed by atoms with Crippen molar-refractivity contribution in [1.82, 2.24) is 9.62 Å². The maximum atomic E-state index is 12.5. The van der Waals surface area contributed by atoms with Crippen LogP contribution in [0.2, 0.25) is 0 Å². The lowest BCUT2D eigenvalue weighted by atomic mass is 10.1. The van der Waals surface area contributed by atoms with Crippen LogP contribution in [-0.4, -0.2) is 48.1 Å². The minimum absolute atomic E-state index is 0.211. The molecule has 0 spiro atoms. The van der Waals surface area contributed by atoms with Crippen LogP contribution in [0.15, 0.2) is 30.3 Å². The Balaban J connectivity index is 1.78. The van der Waals surface area contributed by atoms with Crippen molar-refractivity contribution in [2.45, 2.75) is 36.6 Å². The highest BCUT2D eigenvalue weighted by molar-refractivity contribution is 7.90. The Hall–Kier alpha value is -1.93. The van der Waals surface area contributed by atoms with Crippen LogP contribution < -0.4 is 4.72 Å². The van der Waals surface area contributed by atoms with Gasteiger partial charge in [0.2, 0.25) is 15.9 Å². The highest BCUT2D eigenvalue weighted by Crippen LogP contribution is 2.30. The van der Waals surface area contributed by atoms with E-state index in [1.807, 2.05) is 0 Å². The highest BCUT2D eigenvalue weighted by Gasteiger charge is 2.44. The molecule has 23 heavy (non-hydrogen) atoms. The molecule has 1 aromatic rings. The third kappa shape index (κ3) is 3.23. The van der Waals surface area contributed by atoms with E-state index in [-0.39, 0.29) is 13.0 Å². The lowest BCUT2D eigenvalue weighted by Gasteiger charge is -2.25. The van der Waals surface area contributed by atoms with Crippen molar-refractivity contribution in [3.63, 3.8) is 0 Å². The van der Waals surface area contributed by atoms with Gasteiger partial charge >= 0.3 is 5.97 Å². The lowest BCUT2D eigenvalue weighted by molar-refractivity contribution is -0.149. The molecular formula is C15H18N2O5S. The van der Waals surface area contributed by atoms with Crippen LogP contribution in [0.25, 0.3) is 0 Å². The SMILES string of the molecule is O=C(O)C(c1ccccc1)N1CCC(NS(=O)(=O)C2CC2)C1=O. The van der Waals surface area contributed by atoms with Gasteiger partial charge in [-0.05, 0) is 24.8 Å². The van der Waals surface area contributed by atoms with Gasteiger partial charge in [-0.15, -0.1) is 0 Å². The number of rotatable bonds is 6. The minimum atomic E-state index is -3.48. The van der Waals surface area contributed by atoms with Crippen molar-refractivity contribution in [1.29, 1.82) is 0 Å². The van der Waals surface area contributed by atoms with E-state index in [1.165, 1.54) is 4.90 Å². The van der Waals surface area contributed by atoms with E-state index < -0.39 is 39.2 Å². The summed E-state index contributed by atoms with van der Waals surface area (Å²) >= 11 is 0. The van der Waals surface area contributed by atoms with Gasteiger partial charge in [0, 0.05) is 6.54 Å². The Morgan fingerprint density at radius 2 is 1.87 bits per heavy atom. The van der Waals surface area contributed by atoms with Gasteiger partial charge in [-0.1, -0.05) is 30.3 Å². The third-order valence-electron chi connectivity index (χ3n) is 4.17. The molecule has 2 fully saturated rings. The molecule has 1 aliphatic carbocycles. The first-order chi connectivity index (χ1) is 10.9. The number of carboxylic acids is 1.